The number of benzene rings is 2. The molecule has 0 unspecified atom stereocenters. The molecule has 2 amide bonds. The van der Waals surface area contributed by atoms with E-state index in [9.17, 15) is 9.59 Å². The Morgan fingerprint density at radius 2 is 1.75 bits per heavy atom. The Bertz CT molecular complexity index is 753. The van der Waals surface area contributed by atoms with Crippen molar-refractivity contribution in [3.63, 3.8) is 0 Å². The standard InChI is InChI=1S/C20H22N2O2/c1-3-16-9-6-7-11-18(16)22(20(24)13-12-19(21)23)14-17-10-5-4-8-15(17)2/h3-11H,1,12-14H2,2H3,(H2,21,23). The van der Waals surface area contributed by atoms with Gasteiger partial charge in [0.2, 0.25) is 11.8 Å². The summed E-state index contributed by atoms with van der Waals surface area (Å²) in [5.74, 6) is -0.609. The minimum Gasteiger partial charge on any atom is -0.370 e. The van der Waals surface area contributed by atoms with Crippen LogP contribution < -0.4 is 10.6 Å². The number of carbonyl (C=O) groups is 2. The van der Waals surface area contributed by atoms with Crippen LogP contribution in [0.1, 0.15) is 29.5 Å². The predicted molar refractivity (Wildman–Crippen MR) is 97.3 cm³/mol. The molecule has 0 saturated heterocycles. The van der Waals surface area contributed by atoms with Crippen LogP contribution in [0.3, 0.4) is 0 Å². The molecule has 0 aliphatic heterocycles. The number of amides is 2. The molecule has 0 saturated carbocycles. The third kappa shape index (κ3) is 4.32. The molecule has 2 aromatic rings. The molecule has 0 aliphatic rings. The number of nitrogens with zero attached hydrogens (tertiary/aromatic N) is 1. The molecule has 2 rings (SSSR count). The number of carbonyl (C=O) groups excluding carboxylic acids is 2. The number of anilines is 1. The molecule has 0 aromatic heterocycles. The summed E-state index contributed by atoms with van der Waals surface area (Å²) in [6, 6.07) is 15.5. The summed E-state index contributed by atoms with van der Waals surface area (Å²) in [5.41, 5.74) is 9.01. The molecule has 0 fully saturated rings. The number of hydrogen-bond acceptors (Lipinski definition) is 2. The molecule has 0 aliphatic carbocycles. The Kier molecular flexibility index (Phi) is 5.90. The SMILES string of the molecule is C=Cc1ccccc1N(Cc1ccccc1C)C(=O)CCC(N)=O. The van der Waals surface area contributed by atoms with Gasteiger partial charge in [-0.3, -0.25) is 9.59 Å². The fourth-order valence-corrected chi connectivity index (χ4v) is 2.54. The van der Waals surface area contributed by atoms with E-state index in [2.05, 4.69) is 6.58 Å². The minimum absolute atomic E-state index is 0.0410. The molecule has 2 N–H and O–H groups in total. The summed E-state index contributed by atoms with van der Waals surface area (Å²) >= 11 is 0. The average molecular weight is 322 g/mol. The van der Waals surface area contributed by atoms with E-state index in [1.54, 1.807) is 11.0 Å². The largest absolute Gasteiger partial charge is 0.370 e. The van der Waals surface area contributed by atoms with Crippen molar-refractivity contribution in [3.05, 3.63) is 71.8 Å². The van der Waals surface area contributed by atoms with Crippen molar-refractivity contribution in [3.8, 4) is 0 Å². The third-order valence-electron chi connectivity index (χ3n) is 3.92. The van der Waals surface area contributed by atoms with Gasteiger partial charge in [-0.05, 0) is 29.7 Å². The van der Waals surface area contributed by atoms with E-state index in [1.165, 1.54) is 0 Å². The number of nitrogens with two attached hydrogens (primary N) is 1. The van der Waals surface area contributed by atoms with Gasteiger partial charge in [-0.25, -0.2) is 0 Å². The van der Waals surface area contributed by atoms with Crippen LogP contribution in [-0.4, -0.2) is 11.8 Å². The molecular formula is C20H22N2O2. The molecule has 2 aromatic carbocycles. The first-order valence-electron chi connectivity index (χ1n) is 7.87. The van der Waals surface area contributed by atoms with Crippen molar-refractivity contribution in [1.82, 2.24) is 0 Å². The van der Waals surface area contributed by atoms with Gasteiger partial charge < -0.3 is 10.6 Å². The number of para-hydroxylation sites is 1. The summed E-state index contributed by atoms with van der Waals surface area (Å²) in [4.78, 5) is 25.4. The van der Waals surface area contributed by atoms with Crippen LogP contribution in [0.25, 0.3) is 6.08 Å². The number of aryl methyl sites for hydroxylation is 1. The summed E-state index contributed by atoms with van der Waals surface area (Å²) < 4.78 is 0. The lowest BCUT2D eigenvalue weighted by Crippen LogP contribution is -2.32. The van der Waals surface area contributed by atoms with E-state index in [0.717, 1.165) is 22.4 Å². The molecule has 0 radical (unpaired) electrons. The van der Waals surface area contributed by atoms with E-state index < -0.39 is 5.91 Å². The normalized spacial score (nSPS) is 10.2. The first-order chi connectivity index (χ1) is 11.5. The van der Waals surface area contributed by atoms with Crippen LogP contribution in [0.5, 0.6) is 0 Å². The highest BCUT2D eigenvalue weighted by Gasteiger charge is 2.19. The van der Waals surface area contributed by atoms with Gasteiger partial charge in [0.1, 0.15) is 0 Å². The molecule has 24 heavy (non-hydrogen) atoms. The van der Waals surface area contributed by atoms with Gasteiger partial charge in [-0.2, -0.15) is 0 Å². The van der Waals surface area contributed by atoms with Gasteiger partial charge >= 0.3 is 0 Å². The van der Waals surface area contributed by atoms with Crippen molar-refractivity contribution in [1.29, 1.82) is 0 Å². The molecule has 4 heteroatoms. The summed E-state index contributed by atoms with van der Waals surface area (Å²) in [5, 5.41) is 0. The number of primary amides is 1. The number of hydrogen-bond donors (Lipinski definition) is 1. The highest BCUT2D eigenvalue weighted by Crippen LogP contribution is 2.25. The van der Waals surface area contributed by atoms with Gasteiger partial charge in [0.25, 0.3) is 0 Å². The lowest BCUT2D eigenvalue weighted by Gasteiger charge is -2.25. The Labute approximate surface area is 142 Å². The van der Waals surface area contributed by atoms with Gasteiger partial charge in [-0.1, -0.05) is 55.1 Å². The predicted octanol–water partition coefficient (Wildman–Crippen LogP) is 3.44. The molecule has 0 heterocycles. The van der Waals surface area contributed by atoms with Gasteiger partial charge in [0.15, 0.2) is 0 Å². The smallest absolute Gasteiger partial charge is 0.227 e. The highest BCUT2D eigenvalue weighted by atomic mass is 16.2. The second-order valence-corrected chi connectivity index (χ2v) is 5.64. The van der Waals surface area contributed by atoms with Crippen molar-refractivity contribution >= 4 is 23.6 Å². The number of rotatable bonds is 7. The summed E-state index contributed by atoms with van der Waals surface area (Å²) in [6.45, 7) is 6.27. The Morgan fingerprint density at radius 3 is 2.42 bits per heavy atom. The zero-order valence-corrected chi connectivity index (χ0v) is 13.9. The maximum Gasteiger partial charge on any atom is 0.227 e. The van der Waals surface area contributed by atoms with E-state index in [4.69, 9.17) is 5.73 Å². The molecule has 4 nitrogen and oxygen atoms in total. The van der Waals surface area contributed by atoms with Crippen molar-refractivity contribution in [2.75, 3.05) is 4.90 Å². The van der Waals surface area contributed by atoms with Crippen LogP contribution in [0.2, 0.25) is 0 Å². The fraction of sp³-hybridized carbons (Fsp3) is 0.200. The average Bonchev–Trinajstić information content (AvgIpc) is 2.59. The second-order valence-electron chi connectivity index (χ2n) is 5.64. The van der Waals surface area contributed by atoms with Gasteiger partial charge in [-0.15, -0.1) is 0 Å². The minimum atomic E-state index is -0.476. The molecule has 0 bridgehead atoms. The fourth-order valence-electron chi connectivity index (χ4n) is 2.54. The van der Waals surface area contributed by atoms with Gasteiger partial charge in [0.05, 0.1) is 12.2 Å². The lowest BCUT2D eigenvalue weighted by molar-refractivity contribution is -0.123. The van der Waals surface area contributed by atoms with Crippen LogP contribution in [0, 0.1) is 6.92 Å². The van der Waals surface area contributed by atoms with E-state index >= 15 is 0 Å². The molecule has 124 valence electrons. The van der Waals surface area contributed by atoms with Crippen molar-refractivity contribution < 1.29 is 9.59 Å². The Balaban J connectivity index is 2.37. The quantitative estimate of drug-likeness (QED) is 0.848. The maximum atomic E-state index is 12.7. The van der Waals surface area contributed by atoms with Crippen LogP contribution in [0.15, 0.2) is 55.1 Å². The molecule has 0 atom stereocenters. The Hall–Kier alpha value is -2.88. The van der Waals surface area contributed by atoms with Gasteiger partial charge in [0, 0.05) is 12.8 Å². The lowest BCUT2D eigenvalue weighted by atomic mass is 10.1. The van der Waals surface area contributed by atoms with Crippen LogP contribution >= 0.6 is 0 Å². The first kappa shape index (κ1) is 17.5. The highest BCUT2D eigenvalue weighted by molar-refractivity contribution is 5.97. The van der Waals surface area contributed by atoms with Crippen molar-refractivity contribution in [2.45, 2.75) is 26.3 Å². The second kappa shape index (κ2) is 8.11. The van der Waals surface area contributed by atoms with E-state index in [0.29, 0.717) is 6.54 Å². The maximum absolute atomic E-state index is 12.7. The van der Waals surface area contributed by atoms with Crippen molar-refractivity contribution in [2.24, 2.45) is 5.73 Å². The van der Waals surface area contributed by atoms with E-state index in [-0.39, 0.29) is 18.7 Å². The zero-order valence-electron chi connectivity index (χ0n) is 13.9. The third-order valence-corrected chi connectivity index (χ3v) is 3.92. The molecular weight excluding hydrogens is 300 g/mol. The molecule has 0 spiro atoms. The monoisotopic (exact) mass is 322 g/mol. The first-order valence-corrected chi connectivity index (χ1v) is 7.87. The van der Waals surface area contributed by atoms with E-state index in [1.807, 2.05) is 55.5 Å². The summed E-state index contributed by atoms with van der Waals surface area (Å²) in [6.07, 6.45) is 1.85. The van der Waals surface area contributed by atoms with Crippen LogP contribution in [-0.2, 0) is 16.1 Å². The zero-order chi connectivity index (χ0) is 17.5. The summed E-state index contributed by atoms with van der Waals surface area (Å²) in [7, 11) is 0. The topological polar surface area (TPSA) is 63.4 Å². The Morgan fingerprint density at radius 1 is 1.08 bits per heavy atom. The van der Waals surface area contributed by atoms with Crippen LogP contribution in [0.4, 0.5) is 5.69 Å².